The summed E-state index contributed by atoms with van der Waals surface area (Å²) in [7, 11) is 1.66. The Bertz CT molecular complexity index is 578. The molecule has 0 spiro atoms. The molecule has 0 radical (unpaired) electrons. The maximum absolute atomic E-state index is 12.3. The molecule has 20 heavy (non-hydrogen) atoms. The van der Waals surface area contributed by atoms with Gasteiger partial charge in [-0.1, -0.05) is 66.8 Å². The van der Waals surface area contributed by atoms with Gasteiger partial charge in [-0.25, -0.2) is 0 Å². The van der Waals surface area contributed by atoms with Crippen molar-refractivity contribution in [3.8, 4) is 0 Å². The van der Waals surface area contributed by atoms with Crippen molar-refractivity contribution in [1.82, 2.24) is 0 Å². The van der Waals surface area contributed by atoms with Gasteiger partial charge in [-0.3, -0.25) is 9.59 Å². The van der Waals surface area contributed by atoms with E-state index < -0.39 is 5.91 Å². The number of fused-ring (bicyclic) bond motifs is 1. The van der Waals surface area contributed by atoms with Crippen LogP contribution >= 0.6 is 22.6 Å². The lowest BCUT2D eigenvalue weighted by Gasteiger charge is -2.30. The van der Waals surface area contributed by atoms with Crippen LogP contribution in [-0.4, -0.2) is 22.7 Å². The van der Waals surface area contributed by atoms with Crippen molar-refractivity contribution in [3.63, 3.8) is 0 Å². The van der Waals surface area contributed by atoms with Crippen molar-refractivity contribution in [2.24, 2.45) is 5.41 Å². The number of benzene rings is 1. The second-order valence-corrected chi connectivity index (χ2v) is 7.11. The molecular weight excluding hydrogens is 365 g/mol. The van der Waals surface area contributed by atoms with E-state index in [-0.39, 0.29) is 21.5 Å². The molecule has 3 nitrogen and oxygen atoms in total. The van der Waals surface area contributed by atoms with Crippen molar-refractivity contribution in [2.75, 3.05) is 11.9 Å². The zero-order valence-corrected chi connectivity index (χ0v) is 14.0. The van der Waals surface area contributed by atoms with E-state index in [1.807, 2.05) is 44.2 Å². The van der Waals surface area contributed by atoms with Crippen LogP contribution in [0.2, 0.25) is 0 Å². The predicted octanol–water partition coefficient (Wildman–Crippen LogP) is 3.47. The van der Waals surface area contributed by atoms with Gasteiger partial charge in [-0.05, 0) is 17.0 Å². The summed E-state index contributed by atoms with van der Waals surface area (Å²) in [4.78, 5) is 25.9. The van der Waals surface area contributed by atoms with E-state index in [0.29, 0.717) is 0 Å². The summed E-state index contributed by atoms with van der Waals surface area (Å²) >= 11 is 2.33. The number of hydrogen-bond donors (Lipinski definition) is 0. The summed E-state index contributed by atoms with van der Waals surface area (Å²) < 4.78 is 0.188. The molecule has 106 valence electrons. The molecular formula is C16H18INO2. The standard InChI is InChI=1S/C16H18INO2/c1-16(2)10-13(19)15(20)18(3)12-7-5-4-6-11(12)8-9-14(16)17/h4-9,14H,10H2,1-3H3/b9-8+. The number of ketones is 1. The molecule has 2 rings (SSSR count). The summed E-state index contributed by atoms with van der Waals surface area (Å²) in [6.45, 7) is 4.04. The Morgan fingerprint density at radius 3 is 2.60 bits per heavy atom. The first-order valence-corrected chi connectivity index (χ1v) is 7.79. The Balaban J connectivity index is 2.55. The number of Topliss-reactive ketones (excluding diaryl/α,β-unsaturated/α-hetero) is 1. The number of halogens is 1. The maximum Gasteiger partial charge on any atom is 0.294 e. The first-order chi connectivity index (χ1) is 9.33. The lowest BCUT2D eigenvalue weighted by molar-refractivity contribution is -0.137. The number of para-hydroxylation sites is 1. The largest absolute Gasteiger partial charge is 0.308 e. The van der Waals surface area contributed by atoms with Crippen LogP contribution in [0.3, 0.4) is 0 Å². The van der Waals surface area contributed by atoms with Gasteiger partial charge in [0, 0.05) is 17.4 Å². The fourth-order valence-electron chi connectivity index (χ4n) is 2.27. The summed E-state index contributed by atoms with van der Waals surface area (Å²) in [6, 6.07) is 7.62. The van der Waals surface area contributed by atoms with E-state index in [0.717, 1.165) is 11.3 Å². The van der Waals surface area contributed by atoms with E-state index in [1.165, 1.54) is 4.90 Å². The molecule has 0 bridgehead atoms. The minimum absolute atomic E-state index is 0.188. The Labute approximate surface area is 133 Å². The van der Waals surface area contributed by atoms with Gasteiger partial charge in [0.1, 0.15) is 0 Å². The zero-order chi connectivity index (χ0) is 14.9. The third kappa shape index (κ3) is 2.95. The molecule has 1 aliphatic heterocycles. The van der Waals surface area contributed by atoms with Gasteiger partial charge in [0.2, 0.25) is 5.78 Å². The lowest BCUT2D eigenvalue weighted by Crippen LogP contribution is -2.38. The number of alkyl halides is 1. The fourth-order valence-corrected chi connectivity index (χ4v) is 2.69. The summed E-state index contributed by atoms with van der Waals surface area (Å²) in [5.41, 5.74) is 1.48. The van der Waals surface area contributed by atoms with E-state index in [9.17, 15) is 9.59 Å². The highest BCUT2D eigenvalue weighted by Crippen LogP contribution is 2.35. The van der Waals surface area contributed by atoms with Crippen LogP contribution in [0.15, 0.2) is 30.3 Å². The van der Waals surface area contributed by atoms with Crippen LogP contribution in [0, 0.1) is 5.41 Å². The molecule has 0 N–H and O–H groups in total. The van der Waals surface area contributed by atoms with Crippen LogP contribution in [0.25, 0.3) is 6.08 Å². The number of nitrogens with zero attached hydrogens (tertiary/aromatic N) is 1. The Morgan fingerprint density at radius 2 is 1.90 bits per heavy atom. The van der Waals surface area contributed by atoms with Crippen LogP contribution in [0.4, 0.5) is 5.69 Å². The van der Waals surface area contributed by atoms with Gasteiger partial charge in [0.05, 0.1) is 5.69 Å². The number of allylic oxidation sites excluding steroid dienone is 1. The average molecular weight is 383 g/mol. The molecule has 1 unspecified atom stereocenters. The predicted molar refractivity (Wildman–Crippen MR) is 90.1 cm³/mol. The molecule has 0 aromatic heterocycles. The number of likely N-dealkylation sites (N-methyl/N-ethyl adjacent to an activating group) is 1. The maximum atomic E-state index is 12.3. The first kappa shape index (κ1) is 15.2. The summed E-state index contributed by atoms with van der Waals surface area (Å²) in [5.74, 6) is -0.770. The molecule has 1 atom stereocenters. The normalized spacial score (nSPS) is 24.2. The number of carbonyl (C=O) groups is 2. The van der Waals surface area contributed by atoms with Crippen molar-refractivity contribution < 1.29 is 9.59 Å². The van der Waals surface area contributed by atoms with Gasteiger partial charge in [0.25, 0.3) is 5.91 Å². The molecule has 1 heterocycles. The first-order valence-electron chi connectivity index (χ1n) is 6.55. The van der Waals surface area contributed by atoms with E-state index in [2.05, 4.69) is 28.7 Å². The van der Waals surface area contributed by atoms with E-state index >= 15 is 0 Å². The fraction of sp³-hybridized carbons (Fsp3) is 0.375. The van der Waals surface area contributed by atoms with Crippen LogP contribution in [-0.2, 0) is 9.59 Å². The van der Waals surface area contributed by atoms with Gasteiger partial charge < -0.3 is 4.90 Å². The Hall–Kier alpha value is -1.17. The molecule has 1 amide bonds. The smallest absolute Gasteiger partial charge is 0.294 e. The van der Waals surface area contributed by atoms with Gasteiger partial charge in [-0.15, -0.1) is 0 Å². The number of amides is 1. The second kappa shape index (κ2) is 5.68. The molecule has 0 saturated carbocycles. The highest BCUT2D eigenvalue weighted by molar-refractivity contribution is 14.1. The van der Waals surface area contributed by atoms with Crippen LogP contribution in [0.1, 0.15) is 25.8 Å². The SMILES string of the molecule is CN1C(=O)C(=O)CC(C)(C)C(I)/C=C/c2ccccc21. The molecule has 0 saturated heterocycles. The highest BCUT2D eigenvalue weighted by Gasteiger charge is 2.33. The zero-order valence-electron chi connectivity index (χ0n) is 11.9. The number of anilines is 1. The van der Waals surface area contributed by atoms with Gasteiger partial charge >= 0.3 is 0 Å². The van der Waals surface area contributed by atoms with Crippen LogP contribution < -0.4 is 4.90 Å². The third-order valence-electron chi connectivity index (χ3n) is 3.65. The molecule has 1 aromatic carbocycles. The molecule has 1 aromatic rings. The minimum atomic E-state index is -0.440. The van der Waals surface area contributed by atoms with E-state index in [4.69, 9.17) is 0 Å². The topological polar surface area (TPSA) is 37.4 Å². The Morgan fingerprint density at radius 1 is 1.25 bits per heavy atom. The van der Waals surface area contributed by atoms with Gasteiger partial charge in [-0.2, -0.15) is 0 Å². The van der Waals surface area contributed by atoms with Crippen LogP contribution in [0.5, 0.6) is 0 Å². The third-order valence-corrected chi connectivity index (χ3v) is 5.75. The molecule has 0 fully saturated rings. The Kier molecular flexibility index (Phi) is 4.32. The summed E-state index contributed by atoms with van der Waals surface area (Å²) in [6.07, 6.45) is 4.40. The highest BCUT2D eigenvalue weighted by atomic mass is 127. The lowest BCUT2D eigenvalue weighted by atomic mass is 9.83. The van der Waals surface area contributed by atoms with E-state index in [1.54, 1.807) is 7.05 Å². The monoisotopic (exact) mass is 383 g/mol. The van der Waals surface area contributed by atoms with Gasteiger partial charge in [0.15, 0.2) is 0 Å². The average Bonchev–Trinajstić information content (AvgIpc) is 2.42. The molecule has 1 aliphatic rings. The van der Waals surface area contributed by atoms with Crippen molar-refractivity contribution in [1.29, 1.82) is 0 Å². The van der Waals surface area contributed by atoms with Crippen molar-refractivity contribution >= 4 is 46.0 Å². The summed E-state index contributed by atoms with van der Waals surface area (Å²) in [5, 5.41) is 0. The molecule has 4 heteroatoms. The van der Waals surface area contributed by atoms with Crippen molar-refractivity contribution in [3.05, 3.63) is 35.9 Å². The number of carbonyl (C=O) groups excluding carboxylic acids is 2. The molecule has 0 aliphatic carbocycles. The number of rotatable bonds is 0. The quantitative estimate of drug-likeness (QED) is 0.391. The second-order valence-electron chi connectivity index (χ2n) is 5.77. The van der Waals surface area contributed by atoms with Crippen molar-refractivity contribution in [2.45, 2.75) is 24.2 Å². The minimum Gasteiger partial charge on any atom is -0.308 e. The number of hydrogen-bond acceptors (Lipinski definition) is 2.